The molecular weight excluding hydrogens is 307 g/mol. The summed E-state index contributed by atoms with van der Waals surface area (Å²) in [5.41, 5.74) is 1.52. The molecule has 1 N–H and O–H groups in total. The molecule has 0 saturated heterocycles. The Hall–Kier alpha value is -2.10. The molecule has 0 aliphatic carbocycles. The number of hydrogen-bond acceptors (Lipinski definition) is 2. The molecule has 0 radical (unpaired) electrons. The number of carbonyl (C=O) groups excluding carboxylic acids is 1. The molecule has 3 rings (SSSR count). The number of pyridine rings is 1. The molecule has 0 spiro atoms. The minimum absolute atomic E-state index is 0.297. The van der Waals surface area contributed by atoms with Crippen LogP contribution in [0.25, 0.3) is 10.9 Å². The van der Waals surface area contributed by atoms with Gasteiger partial charge in [-0.05, 0) is 24.3 Å². The first kappa shape index (κ1) is 13.9. The minimum Gasteiger partial charge on any atom is -0.319 e. The van der Waals surface area contributed by atoms with Gasteiger partial charge in [0.25, 0.3) is 5.91 Å². The first-order chi connectivity index (χ1) is 10.2. The average Bonchev–Trinajstić information content (AvgIpc) is 2.50. The van der Waals surface area contributed by atoms with Gasteiger partial charge in [0, 0.05) is 11.6 Å². The van der Waals surface area contributed by atoms with E-state index in [0.717, 1.165) is 5.39 Å². The third kappa shape index (κ3) is 2.71. The van der Waals surface area contributed by atoms with E-state index in [1.807, 2.05) is 24.3 Å². The Morgan fingerprint density at radius 3 is 2.38 bits per heavy atom. The number of fused-ring (bicyclic) bond motifs is 1. The third-order valence-corrected chi connectivity index (χ3v) is 3.71. The Bertz CT molecular complexity index is 808. The molecule has 0 bridgehead atoms. The fraction of sp³-hybridized carbons (Fsp3) is 0. The number of rotatable bonds is 2. The molecule has 3 aromatic rings. The lowest BCUT2D eigenvalue weighted by Gasteiger charge is -2.10. The van der Waals surface area contributed by atoms with Gasteiger partial charge in [-0.3, -0.25) is 9.78 Å². The van der Waals surface area contributed by atoms with E-state index >= 15 is 0 Å². The topological polar surface area (TPSA) is 42.0 Å². The van der Waals surface area contributed by atoms with Crippen LogP contribution in [0.3, 0.4) is 0 Å². The summed E-state index contributed by atoms with van der Waals surface area (Å²) in [4.78, 5) is 16.7. The van der Waals surface area contributed by atoms with E-state index in [1.54, 1.807) is 30.5 Å². The van der Waals surface area contributed by atoms with Crippen LogP contribution < -0.4 is 5.32 Å². The lowest BCUT2D eigenvalue weighted by molar-refractivity contribution is 0.102. The normalized spacial score (nSPS) is 10.6. The van der Waals surface area contributed by atoms with Crippen LogP contribution >= 0.6 is 23.2 Å². The number of amides is 1. The van der Waals surface area contributed by atoms with E-state index in [2.05, 4.69) is 10.3 Å². The van der Waals surface area contributed by atoms with Gasteiger partial charge >= 0.3 is 0 Å². The first-order valence-corrected chi connectivity index (χ1v) is 7.01. The predicted molar refractivity (Wildman–Crippen MR) is 86.2 cm³/mol. The number of para-hydroxylation sites is 2. The molecule has 0 aliphatic heterocycles. The van der Waals surface area contributed by atoms with Crippen molar-refractivity contribution in [2.45, 2.75) is 0 Å². The van der Waals surface area contributed by atoms with Crippen molar-refractivity contribution in [3.8, 4) is 0 Å². The van der Waals surface area contributed by atoms with Gasteiger partial charge in [-0.15, -0.1) is 0 Å². The highest BCUT2D eigenvalue weighted by atomic mass is 35.5. The standard InChI is InChI=1S/C16H10Cl2N2O/c17-12-7-2-8-13(18)15(12)20-16(21)11-6-1-4-10-5-3-9-19-14(10)11/h1-9H,(H,20,21). The Balaban J connectivity index is 2.02. The summed E-state index contributed by atoms with van der Waals surface area (Å²) in [5, 5.41) is 4.43. The molecule has 21 heavy (non-hydrogen) atoms. The van der Waals surface area contributed by atoms with Gasteiger partial charge in [0.05, 0.1) is 26.8 Å². The minimum atomic E-state index is -0.297. The quantitative estimate of drug-likeness (QED) is 0.738. The van der Waals surface area contributed by atoms with Crippen molar-refractivity contribution in [3.63, 3.8) is 0 Å². The maximum absolute atomic E-state index is 12.5. The molecule has 3 nitrogen and oxygen atoms in total. The van der Waals surface area contributed by atoms with Gasteiger partial charge in [0.15, 0.2) is 0 Å². The van der Waals surface area contributed by atoms with E-state index in [0.29, 0.717) is 26.8 Å². The van der Waals surface area contributed by atoms with Crippen LogP contribution in [0.2, 0.25) is 10.0 Å². The summed E-state index contributed by atoms with van der Waals surface area (Å²) in [6.45, 7) is 0. The highest BCUT2D eigenvalue weighted by Crippen LogP contribution is 2.30. The number of nitrogens with zero attached hydrogens (tertiary/aromatic N) is 1. The second-order valence-corrected chi connectivity index (χ2v) is 5.25. The second-order valence-electron chi connectivity index (χ2n) is 4.43. The molecule has 0 atom stereocenters. The van der Waals surface area contributed by atoms with E-state index in [4.69, 9.17) is 23.2 Å². The van der Waals surface area contributed by atoms with Crippen LogP contribution in [0.1, 0.15) is 10.4 Å². The highest BCUT2D eigenvalue weighted by Gasteiger charge is 2.14. The van der Waals surface area contributed by atoms with Crippen molar-refractivity contribution >= 4 is 45.7 Å². The summed E-state index contributed by atoms with van der Waals surface area (Å²) < 4.78 is 0. The van der Waals surface area contributed by atoms with E-state index < -0.39 is 0 Å². The Kier molecular flexibility index (Phi) is 3.78. The summed E-state index contributed by atoms with van der Waals surface area (Å²) in [6, 6.07) is 14.2. The van der Waals surface area contributed by atoms with Crippen molar-refractivity contribution in [3.05, 3.63) is 70.3 Å². The number of aromatic nitrogens is 1. The Morgan fingerprint density at radius 2 is 1.62 bits per heavy atom. The molecule has 1 aromatic heterocycles. The van der Waals surface area contributed by atoms with Crippen LogP contribution in [0.4, 0.5) is 5.69 Å². The van der Waals surface area contributed by atoms with Crippen molar-refractivity contribution in [2.75, 3.05) is 5.32 Å². The molecule has 0 aliphatic rings. The van der Waals surface area contributed by atoms with Gasteiger partial charge in [0.2, 0.25) is 0 Å². The summed E-state index contributed by atoms with van der Waals surface area (Å²) in [6.07, 6.45) is 1.65. The molecule has 104 valence electrons. The zero-order valence-corrected chi connectivity index (χ0v) is 12.3. The van der Waals surface area contributed by atoms with Gasteiger partial charge in [-0.1, -0.05) is 47.5 Å². The van der Waals surface area contributed by atoms with Crippen molar-refractivity contribution < 1.29 is 4.79 Å². The average molecular weight is 317 g/mol. The van der Waals surface area contributed by atoms with Crippen molar-refractivity contribution in [1.82, 2.24) is 4.98 Å². The molecule has 0 unspecified atom stereocenters. The van der Waals surface area contributed by atoms with Crippen LogP contribution in [0.5, 0.6) is 0 Å². The summed E-state index contributed by atoms with van der Waals surface area (Å²) in [5.74, 6) is -0.297. The number of anilines is 1. The van der Waals surface area contributed by atoms with Crippen LogP contribution in [0, 0.1) is 0 Å². The van der Waals surface area contributed by atoms with Crippen LogP contribution in [0.15, 0.2) is 54.7 Å². The molecule has 2 aromatic carbocycles. The van der Waals surface area contributed by atoms with Gasteiger partial charge in [0.1, 0.15) is 0 Å². The van der Waals surface area contributed by atoms with E-state index in [9.17, 15) is 4.79 Å². The van der Waals surface area contributed by atoms with Crippen LogP contribution in [-0.4, -0.2) is 10.9 Å². The smallest absolute Gasteiger partial charge is 0.257 e. The third-order valence-electron chi connectivity index (χ3n) is 3.08. The van der Waals surface area contributed by atoms with Gasteiger partial charge in [-0.25, -0.2) is 0 Å². The molecule has 0 saturated carbocycles. The summed E-state index contributed by atoms with van der Waals surface area (Å²) >= 11 is 12.1. The maximum Gasteiger partial charge on any atom is 0.257 e. The van der Waals surface area contributed by atoms with Crippen molar-refractivity contribution in [1.29, 1.82) is 0 Å². The molecule has 1 amide bonds. The fourth-order valence-electron chi connectivity index (χ4n) is 2.09. The Morgan fingerprint density at radius 1 is 0.952 bits per heavy atom. The molecule has 0 fully saturated rings. The highest BCUT2D eigenvalue weighted by molar-refractivity contribution is 6.40. The number of nitrogens with one attached hydrogen (secondary N) is 1. The lowest BCUT2D eigenvalue weighted by Crippen LogP contribution is -2.13. The number of halogens is 2. The first-order valence-electron chi connectivity index (χ1n) is 6.26. The molecule has 5 heteroatoms. The monoisotopic (exact) mass is 316 g/mol. The van der Waals surface area contributed by atoms with Gasteiger partial charge < -0.3 is 5.32 Å². The SMILES string of the molecule is O=C(Nc1c(Cl)cccc1Cl)c1cccc2cccnc12. The van der Waals surface area contributed by atoms with E-state index in [-0.39, 0.29) is 5.91 Å². The number of carbonyl (C=O) groups is 1. The second kappa shape index (κ2) is 5.72. The Labute approximate surface area is 131 Å². The largest absolute Gasteiger partial charge is 0.319 e. The lowest BCUT2D eigenvalue weighted by atomic mass is 10.1. The zero-order chi connectivity index (χ0) is 14.8. The van der Waals surface area contributed by atoms with Crippen molar-refractivity contribution in [2.24, 2.45) is 0 Å². The van der Waals surface area contributed by atoms with Crippen LogP contribution in [-0.2, 0) is 0 Å². The number of hydrogen-bond donors (Lipinski definition) is 1. The van der Waals surface area contributed by atoms with Gasteiger partial charge in [-0.2, -0.15) is 0 Å². The predicted octanol–water partition coefficient (Wildman–Crippen LogP) is 4.79. The molecular formula is C16H10Cl2N2O. The zero-order valence-electron chi connectivity index (χ0n) is 10.8. The number of benzene rings is 2. The molecule has 1 heterocycles. The van der Waals surface area contributed by atoms with E-state index in [1.165, 1.54) is 0 Å². The summed E-state index contributed by atoms with van der Waals surface area (Å²) in [7, 11) is 0. The maximum atomic E-state index is 12.5. The fourth-order valence-corrected chi connectivity index (χ4v) is 2.58.